The molecule has 0 radical (unpaired) electrons. The molecule has 2 rings (SSSR count). The number of nitrogens with zero attached hydrogens (tertiary/aromatic N) is 6. The van der Waals surface area contributed by atoms with E-state index >= 15 is 0 Å². The second-order valence-electron chi connectivity index (χ2n) is 5.22. The highest BCUT2D eigenvalue weighted by Gasteiger charge is 2.10. The summed E-state index contributed by atoms with van der Waals surface area (Å²) in [5.41, 5.74) is 0. The van der Waals surface area contributed by atoms with Crippen molar-refractivity contribution >= 4 is 17.3 Å². The molecule has 7 nitrogen and oxygen atoms in total. The van der Waals surface area contributed by atoms with Crippen LogP contribution in [0.1, 0.15) is 29.6 Å². The highest BCUT2D eigenvalue weighted by molar-refractivity contribution is 7.11. The zero-order chi connectivity index (χ0) is 16.7. The average Bonchev–Trinajstić information content (AvgIpc) is 3.16. The Bertz CT molecular complexity index is 631. The number of rotatable bonds is 7. The van der Waals surface area contributed by atoms with E-state index in [0.29, 0.717) is 6.54 Å². The fraction of sp³-hybridized carbons (Fsp3) is 0.600. The lowest BCUT2D eigenvalue weighted by Gasteiger charge is -2.21. The van der Waals surface area contributed by atoms with Crippen LogP contribution in [0.15, 0.2) is 17.5 Å². The lowest BCUT2D eigenvalue weighted by molar-refractivity contribution is 0.448. The van der Waals surface area contributed by atoms with E-state index in [0.717, 1.165) is 42.7 Å². The Morgan fingerprint density at radius 1 is 1.39 bits per heavy atom. The Morgan fingerprint density at radius 2 is 2.22 bits per heavy atom. The summed E-state index contributed by atoms with van der Waals surface area (Å²) in [4.78, 5) is 16.8. The molecule has 8 heteroatoms. The third kappa shape index (κ3) is 5.02. The number of guanidine groups is 1. The molecule has 1 N–H and O–H groups in total. The predicted molar refractivity (Wildman–Crippen MR) is 93.6 cm³/mol. The van der Waals surface area contributed by atoms with Gasteiger partial charge >= 0.3 is 0 Å². The quantitative estimate of drug-likeness (QED) is 0.613. The topological polar surface area (TPSA) is 71.2 Å². The van der Waals surface area contributed by atoms with Crippen molar-refractivity contribution < 1.29 is 0 Å². The van der Waals surface area contributed by atoms with Gasteiger partial charge in [0.15, 0.2) is 5.96 Å². The predicted octanol–water partition coefficient (Wildman–Crippen LogP) is 1.47. The van der Waals surface area contributed by atoms with E-state index < -0.39 is 0 Å². The molecule has 0 spiro atoms. The van der Waals surface area contributed by atoms with Crippen molar-refractivity contribution in [3.63, 3.8) is 0 Å². The smallest absolute Gasteiger partial charge is 0.194 e. The second kappa shape index (κ2) is 8.61. The SMILES string of the molecule is CCNC(=NCCc1ncc(CC)s1)N(C)Cc1ncnn1C. The van der Waals surface area contributed by atoms with Crippen LogP contribution in [-0.2, 0) is 26.4 Å². The van der Waals surface area contributed by atoms with E-state index in [1.807, 2.05) is 20.3 Å². The molecule has 2 heterocycles. The van der Waals surface area contributed by atoms with Crippen LogP contribution in [0.3, 0.4) is 0 Å². The van der Waals surface area contributed by atoms with Crippen LogP contribution in [0.2, 0.25) is 0 Å². The van der Waals surface area contributed by atoms with Gasteiger partial charge in [-0.25, -0.2) is 9.97 Å². The Labute approximate surface area is 141 Å². The van der Waals surface area contributed by atoms with Crippen molar-refractivity contribution in [2.45, 2.75) is 33.2 Å². The first-order valence-corrected chi connectivity index (χ1v) is 8.71. The van der Waals surface area contributed by atoms with Crippen molar-refractivity contribution in [2.24, 2.45) is 12.0 Å². The number of thiazole rings is 1. The van der Waals surface area contributed by atoms with Crippen molar-refractivity contribution in [1.29, 1.82) is 0 Å². The van der Waals surface area contributed by atoms with Crippen molar-refractivity contribution in [1.82, 2.24) is 30.0 Å². The van der Waals surface area contributed by atoms with Crippen molar-refractivity contribution in [3.8, 4) is 0 Å². The van der Waals surface area contributed by atoms with E-state index in [4.69, 9.17) is 4.99 Å². The zero-order valence-corrected chi connectivity index (χ0v) is 15.1. The molecule has 2 aromatic heterocycles. The van der Waals surface area contributed by atoms with Gasteiger partial charge in [0, 0.05) is 44.7 Å². The van der Waals surface area contributed by atoms with Gasteiger partial charge in [0.05, 0.1) is 11.6 Å². The maximum absolute atomic E-state index is 4.69. The maximum Gasteiger partial charge on any atom is 0.194 e. The van der Waals surface area contributed by atoms with E-state index in [1.165, 1.54) is 4.88 Å². The molecule has 0 aliphatic carbocycles. The summed E-state index contributed by atoms with van der Waals surface area (Å²) in [5.74, 6) is 1.79. The van der Waals surface area contributed by atoms with Gasteiger partial charge in [-0.2, -0.15) is 5.10 Å². The van der Waals surface area contributed by atoms with E-state index in [2.05, 4.69) is 39.1 Å². The van der Waals surface area contributed by atoms with Gasteiger partial charge in [-0.3, -0.25) is 9.67 Å². The van der Waals surface area contributed by atoms with Crippen LogP contribution in [0.5, 0.6) is 0 Å². The number of hydrogen-bond donors (Lipinski definition) is 1. The summed E-state index contributed by atoms with van der Waals surface area (Å²) in [6, 6.07) is 0. The number of aromatic nitrogens is 4. The van der Waals surface area contributed by atoms with Gasteiger partial charge in [-0.1, -0.05) is 6.92 Å². The number of aryl methyl sites for hydroxylation is 2. The summed E-state index contributed by atoms with van der Waals surface area (Å²) in [7, 11) is 3.91. The molecule has 0 atom stereocenters. The maximum atomic E-state index is 4.69. The average molecular weight is 335 g/mol. The fourth-order valence-corrected chi connectivity index (χ4v) is 2.96. The first-order valence-electron chi connectivity index (χ1n) is 7.89. The van der Waals surface area contributed by atoms with Crippen LogP contribution in [0.25, 0.3) is 0 Å². The van der Waals surface area contributed by atoms with Gasteiger partial charge in [0.2, 0.25) is 0 Å². The van der Waals surface area contributed by atoms with Crippen LogP contribution < -0.4 is 5.32 Å². The summed E-state index contributed by atoms with van der Waals surface area (Å²) >= 11 is 1.78. The normalized spacial score (nSPS) is 11.7. The Balaban J connectivity index is 1.94. The molecule has 0 aromatic carbocycles. The summed E-state index contributed by atoms with van der Waals surface area (Å²) in [5, 5.41) is 8.57. The Hall–Kier alpha value is -1.96. The molecule has 0 aliphatic rings. The van der Waals surface area contributed by atoms with Crippen LogP contribution in [0.4, 0.5) is 0 Å². The molecule has 0 unspecified atom stereocenters. The van der Waals surface area contributed by atoms with Crippen molar-refractivity contribution in [3.05, 3.63) is 28.2 Å². The van der Waals surface area contributed by atoms with Crippen LogP contribution in [0, 0.1) is 0 Å². The summed E-state index contributed by atoms with van der Waals surface area (Å²) in [6.07, 6.45) is 5.46. The molecule has 126 valence electrons. The molecular formula is C15H25N7S. The molecule has 0 amide bonds. The third-order valence-electron chi connectivity index (χ3n) is 3.42. The lowest BCUT2D eigenvalue weighted by atomic mass is 10.4. The standard InChI is InChI=1S/C15H25N7S/c1-5-12-9-18-14(23-12)7-8-17-15(16-6-2)21(3)10-13-19-11-20-22(13)4/h9,11H,5-8,10H2,1-4H3,(H,16,17). The molecule has 0 saturated carbocycles. The van der Waals surface area contributed by atoms with Gasteiger partial charge in [-0.05, 0) is 13.3 Å². The van der Waals surface area contributed by atoms with Gasteiger partial charge in [0.25, 0.3) is 0 Å². The molecule has 0 aliphatic heterocycles. The van der Waals surface area contributed by atoms with E-state index in [9.17, 15) is 0 Å². The Kier molecular flexibility index (Phi) is 6.52. The van der Waals surface area contributed by atoms with Gasteiger partial charge in [0.1, 0.15) is 12.2 Å². The highest BCUT2D eigenvalue weighted by atomic mass is 32.1. The number of hydrogen-bond acceptors (Lipinski definition) is 5. The number of aliphatic imine (C=N–C) groups is 1. The minimum atomic E-state index is 0.666. The lowest BCUT2D eigenvalue weighted by Crippen LogP contribution is -2.39. The first kappa shape index (κ1) is 17.4. The fourth-order valence-electron chi connectivity index (χ4n) is 2.10. The second-order valence-corrected chi connectivity index (χ2v) is 6.42. The summed E-state index contributed by atoms with van der Waals surface area (Å²) < 4.78 is 1.78. The van der Waals surface area contributed by atoms with Crippen molar-refractivity contribution in [2.75, 3.05) is 20.1 Å². The molecule has 23 heavy (non-hydrogen) atoms. The monoisotopic (exact) mass is 335 g/mol. The van der Waals surface area contributed by atoms with E-state index in [1.54, 1.807) is 22.3 Å². The molecule has 2 aromatic rings. The van der Waals surface area contributed by atoms with Gasteiger partial charge in [-0.15, -0.1) is 11.3 Å². The third-order valence-corrected chi connectivity index (χ3v) is 4.62. The zero-order valence-electron chi connectivity index (χ0n) is 14.3. The highest BCUT2D eigenvalue weighted by Crippen LogP contribution is 2.13. The molecular weight excluding hydrogens is 310 g/mol. The summed E-state index contributed by atoms with van der Waals surface area (Å²) in [6.45, 7) is 6.45. The van der Waals surface area contributed by atoms with Crippen LogP contribution >= 0.6 is 11.3 Å². The molecule has 0 saturated heterocycles. The minimum Gasteiger partial charge on any atom is -0.357 e. The van der Waals surface area contributed by atoms with Gasteiger partial charge < -0.3 is 10.2 Å². The minimum absolute atomic E-state index is 0.666. The molecule has 0 fully saturated rings. The van der Waals surface area contributed by atoms with Crippen LogP contribution in [-0.4, -0.2) is 50.7 Å². The number of nitrogens with one attached hydrogen (secondary N) is 1. The Morgan fingerprint density at radius 3 is 2.83 bits per heavy atom. The first-order chi connectivity index (χ1) is 11.1. The largest absolute Gasteiger partial charge is 0.357 e. The molecule has 0 bridgehead atoms. The van der Waals surface area contributed by atoms with E-state index in [-0.39, 0.29) is 0 Å².